The van der Waals surface area contributed by atoms with E-state index in [0.717, 1.165) is 6.08 Å². The van der Waals surface area contributed by atoms with Crippen LogP contribution in [0.3, 0.4) is 0 Å². The van der Waals surface area contributed by atoms with Crippen LogP contribution in [0.2, 0.25) is 0 Å². The summed E-state index contributed by atoms with van der Waals surface area (Å²) in [6.45, 7) is -5.40. The number of nitrogens with one attached hydrogen (secondary N) is 2. The van der Waals surface area contributed by atoms with Crippen LogP contribution in [0, 0.1) is 36.4 Å². The van der Waals surface area contributed by atoms with Gasteiger partial charge in [0.2, 0.25) is 5.95 Å². The molecule has 1 aromatic heterocycles. The highest BCUT2D eigenvalue weighted by molar-refractivity contribution is 5.69. The van der Waals surface area contributed by atoms with Crippen molar-refractivity contribution in [3.05, 3.63) is 76.9 Å². The van der Waals surface area contributed by atoms with Crippen LogP contribution in [0.5, 0.6) is 0 Å². The minimum Gasteiger partial charge on any atom is -0.340 e. The van der Waals surface area contributed by atoms with Gasteiger partial charge >= 0.3 is 0 Å². The zero-order chi connectivity index (χ0) is 26.7. The molecular formula is C22H18N6. The van der Waals surface area contributed by atoms with Gasteiger partial charge in [-0.15, -0.1) is 0 Å². The lowest BCUT2D eigenvalue weighted by molar-refractivity contribution is 1.16. The number of hydrogen-bond donors (Lipinski definition) is 2. The van der Waals surface area contributed by atoms with E-state index in [-0.39, 0.29) is 57.5 Å². The second kappa shape index (κ2) is 8.48. The maximum absolute atomic E-state index is 8.99. The highest BCUT2D eigenvalue weighted by Crippen LogP contribution is 2.26. The molecule has 0 aliphatic rings. The lowest BCUT2D eigenvalue weighted by Gasteiger charge is -2.14. The molecule has 136 valence electrons. The van der Waals surface area contributed by atoms with E-state index in [1.54, 1.807) is 6.07 Å². The summed E-state index contributed by atoms with van der Waals surface area (Å²) in [6, 6.07) is 9.88. The van der Waals surface area contributed by atoms with Gasteiger partial charge < -0.3 is 10.6 Å². The number of nitrogens with zero attached hydrogens (tertiary/aromatic N) is 4. The molecule has 2 aromatic carbocycles. The Kier molecular flexibility index (Phi) is 3.29. The number of hydrogen-bond acceptors (Lipinski definition) is 6. The molecule has 0 unspecified atom stereocenters. The molecule has 1 heterocycles. The molecule has 0 spiro atoms. The standard InChI is InChI=1S/C22H18N6/c1-15-12-18(4-3-10-23)13-16(2)21(15)27-20-9-11-25-22(28-20)26-19-7-5-17(14-24)6-8-19/h3-9,11-13H,1-2H3,(H2,25,26,27,28)/b4-3+/i1D3,2D3,7D,8D. The van der Waals surface area contributed by atoms with Crippen molar-refractivity contribution in [2.45, 2.75) is 13.7 Å². The lowest BCUT2D eigenvalue weighted by Crippen LogP contribution is -2.02. The van der Waals surface area contributed by atoms with Crippen molar-refractivity contribution in [1.82, 2.24) is 9.97 Å². The Morgan fingerprint density at radius 1 is 1.11 bits per heavy atom. The van der Waals surface area contributed by atoms with Gasteiger partial charge in [0.15, 0.2) is 0 Å². The molecular weight excluding hydrogens is 348 g/mol. The van der Waals surface area contributed by atoms with Crippen molar-refractivity contribution in [3.8, 4) is 12.1 Å². The fraction of sp³-hybridized carbons (Fsp3) is 0.0909. The van der Waals surface area contributed by atoms with Gasteiger partial charge in [0, 0.05) is 31.9 Å². The molecule has 0 amide bonds. The van der Waals surface area contributed by atoms with Gasteiger partial charge in [-0.2, -0.15) is 15.5 Å². The first-order valence-corrected chi connectivity index (χ1v) is 7.97. The lowest BCUT2D eigenvalue weighted by atomic mass is 10.0. The quantitative estimate of drug-likeness (QED) is 0.611. The Hall–Kier alpha value is -4.16. The molecule has 28 heavy (non-hydrogen) atoms. The minimum absolute atomic E-state index is 0.0474. The fourth-order valence-corrected chi connectivity index (χ4v) is 2.28. The second-order valence-corrected chi connectivity index (χ2v) is 5.49. The molecule has 0 saturated heterocycles. The van der Waals surface area contributed by atoms with E-state index in [4.69, 9.17) is 21.5 Å². The van der Waals surface area contributed by atoms with Crippen LogP contribution in [-0.4, -0.2) is 9.97 Å². The van der Waals surface area contributed by atoms with Crippen LogP contribution in [0.4, 0.5) is 23.1 Å². The molecule has 0 aliphatic heterocycles. The first-order chi connectivity index (χ1) is 16.8. The van der Waals surface area contributed by atoms with E-state index in [0.29, 0.717) is 0 Å². The SMILES string of the molecule is [2H]c1cc(C#N)cc([2H])c1Nc1nccc(Nc2c(C([2H])([2H])[2H])cc(/C=C/C#N)cc2C([2H])([2H])[2H])n1. The Bertz CT molecular complexity index is 1360. The first kappa shape index (κ1) is 10.9. The summed E-state index contributed by atoms with van der Waals surface area (Å²) < 4.78 is 63.7. The van der Waals surface area contributed by atoms with Crippen LogP contribution in [0.1, 0.15) is 33.2 Å². The molecule has 3 aromatic rings. The molecule has 6 heteroatoms. The summed E-state index contributed by atoms with van der Waals surface area (Å²) in [5.74, 6) is 0.00155. The Labute approximate surface area is 175 Å². The third-order valence-electron chi connectivity index (χ3n) is 3.53. The number of benzene rings is 2. The molecule has 3 rings (SSSR count). The fourth-order valence-electron chi connectivity index (χ4n) is 2.28. The normalized spacial score (nSPS) is 15.4. The number of allylic oxidation sites excluding steroid dienone is 1. The zero-order valence-electron chi connectivity index (χ0n) is 22.4. The number of rotatable bonds is 5. The summed E-state index contributed by atoms with van der Waals surface area (Å²) in [5.41, 5.74) is -0.322. The Balaban J connectivity index is 2.08. The smallest absolute Gasteiger partial charge is 0.229 e. The van der Waals surface area contributed by atoms with Crippen molar-refractivity contribution >= 4 is 29.2 Å². The van der Waals surface area contributed by atoms with Crippen LogP contribution in [0.15, 0.2) is 54.7 Å². The molecule has 0 atom stereocenters. The number of anilines is 4. The van der Waals surface area contributed by atoms with E-state index >= 15 is 0 Å². The largest absolute Gasteiger partial charge is 0.340 e. The van der Waals surface area contributed by atoms with E-state index in [2.05, 4.69) is 20.6 Å². The monoisotopic (exact) mass is 374 g/mol. The summed E-state index contributed by atoms with van der Waals surface area (Å²) in [7, 11) is 0. The molecule has 0 bridgehead atoms. The van der Waals surface area contributed by atoms with Crippen molar-refractivity contribution in [1.29, 1.82) is 10.5 Å². The predicted octanol–water partition coefficient (Wildman–Crippen LogP) is 4.99. The van der Waals surface area contributed by atoms with E-state index < -0.39 is 13.7 Å². The van der Waals surface area contributed by atoms with Crippen molar-refractivity contribution in [2.24, 2.45) is 0 Å². The van der Waals surface area contributed by atoms with Gasteiger partial charge in [0.1, 0.15) is 5.82 Å². The number of aryl methyl sites for hydroxylation is 2. The van der Waals surface area contributed by atoms with E-state index in [1.807, 2.05) is 6.07 Å². The van der Waals surface area contributed by atoms with Crippen molar-refractivity contribution < 1.29 is 11.0 Å². The second-order valence-electron chi connectivity index (χ2n) is 5.49. The summed E-state index contributed by atoms with van der Waals surface area (Å²) in [5, 5.41) is 23.3. The molecule has 0 radical (unpaired) electrons. The van der Waals surface area contributed by atoms with Gasteiger partial charge in [-0.1, -0.05) is 0 Å². The molecule has 0 aliphatic carbocycles. The summed E-state index contributed by atoms with van der Waals surface area (Å²) in [6.07, 6.45) is 3.75. The average molecular weight is 374 g/mol. The van der Waals surface area contributed by atoms with E-state index in [1.165, 1.54) is 42.6 Å². The average Bonchev–Trinajstić information content (AvgIpc) is 2.79. The maximum Gasteiger partial charge on any atom is 0.229 e. The maximum atomic E-state index is 8.99. The van der Waals surface area contributed by atoms with Crippen molar-refractivity contribution in [3.63, 3.8) is 0 Å². The van der Waals surface area contributed by atoms with Gasteiger partial charge in [0.25, 0.3) is 0 Å². The predicted molar refractivity (Wildman–Crippen MR) is 110 cm³/mol. The van der Waals surface area contributed by atoms with Crippen LogP contribution < -0.4 is 10.6 Å². The van der Waals surface area contributed by atoms with Gasteiger partial charge in [-0.05, 0) is 78.9 Å². The zero-order valence-corrected chi connectivity index (χ0v) is 14.4. The first-order valence-electron chi connectivity index (χ1n) is 12.0. The number of aromatic nitrogens is 2. The highest BCUT2D eigenvalue weighted by atomic mass is 15.1. The molecule has 0 saturated carbocycles. The topological polar surface area (TPSA) is 97.4 Å². The van der Waals surface area contributed by atoms with Gasteiger partial charge in [-0.3, -0.25) is 0 Å². The summed E-state index contributed by atoms with van der Waals surface area (Å²) >= 11 is 0. The molecule has 0 fully saturated rings. The molecule has 6 nitrogen and oxygen atoms in total. The Morgan fingerprint density at radius 2 is 1.86 bits per heavy atom. The van der Waals surface area contributed by atoms with Gasteiger partial charge in [0.05, 0.1) is 20.4 Å². The third-order valence-corrected chi connectivity index (χ3v) is 3.53. The van der Waals surface area contributed by atoms with E-state index in [9.17, 15) is 0 Å². The van der Waals surface area contributed by atoms with Crippen LogP contribution in [0.25, 0.3) is 6.08 Å². The summed E-state index contributed by atoms with van der Waals surface area (Å²) in [4.78, 5) is 8.25. The molecule has 2 N–H and O–H groups in total. The van der Waals surface area contributed by atoms with Crippen LogP contribution >= 0.6 is 0 Å². The van der Waals surface area contributed by atoms with Gasteiger partial charge in [-0.25, -0.2) is 4.98 Å². The number of nitriles is 2. The highest BCUT2D eigenvalue weighted by Gasteiger charge is 2.07. The van der Waals surface area contributed by atoms with Crippen LogP contribution in [-0.2, 0) is 0 Å². The van der Waals surface area contributed by atoms with Crippen molar-refractivity contribution in [2.75, 3.05) is 10.6 Å². The third kappa shape index (κ3) is 4.51. The minimum atomic E-state index is -2.70. The Morgan fingerprint density at radius 3 is 2.50 bits per heavy atom.